The molecule has 2 aromatic heterocycles. The van der Waals surface area contributed by atoms with Crippen molar-refractivity contribution in [1.29, 1.82) is 0 Å². The van der Waals surface area contributed by atoms with Gasteiger partial charge in [0.1, 0.15) is 0 Å². The summed E-state index contributed by atoms with van der Waals surface area (Å²) in [5.74, 6) is 0.820. The van der Waals surface area contributed by atoms with Crippen LogP contribution in [0.4, 0.5) is 0 Å². The summed E-state index contributed by atoms with van der Waals surface area (Å²) in [7, 11) is 0. The lowest BCUT2D eigenvalue weighted by molar-refractivity contribution is 0.207. The van der Waals surface area contributed by atoms with Crippen molar-refractivity contribution in [3.8, 4) is 10.8 Å². The van der Waals surface area contributed by atoms with E-state index >= 15 is 0 Å². The summed E-state index contributed by atoms with van der Waals surface area (Å²) in [4.78, 5) is 4.52. The van der Waals surface area contributed by atoms with Crippen LogP contribution < -0.4 is 5.32 Å². The van der Waals surface area contributed by atoms with E-state index in [4.69, 9.17) is 4.42 Å². The number of furan rings is 1. The van der Waals surface area contributed by atoms with Gasteiger partial charge in [0.2, 0.25) is 0 Å². The van der Waals surface area contributed by atoms with Crippen molar-refractivity contribution in [2.45, 2.75) is 19.4 Å². The second-order valence-electron chi connectivity index (χ2n) is 4.88. The number of hydrogen-bond acceptors (Lipinski definition) is 5. The van der Waals surface area contributed by atoms with E-state index in [0.29, 0.717) is 0 Å². The van der Waals surface area contributed by atoms with E-state index < -0.39 is 0 Å². The Morgan fingerprint density at radius 3 is 3.06 bits per heavy atom. The molecule has 0 unspecified atom stereocenters. The van der Waals surface area contributed by atoms with Gasteiger partial charge in [0.15, 0.2) is 10.8 Å². The zero-order valence-corrected chi connectivity index (χ0v) is 10.9. The van der Waals surface area contributed by atoms with Gasteiger partial charge in [-0.05, 0) is 25.0 Å². The lowest BCUT2D eigenvalue weighted by Gasteiger charge is -2.11. The van der Waals surface area contributed by atoms with Gasteiger partial charge in [-0.3, -0.25) is 0 Å². The SMILES string of the molecule is OCC1(CNCc2csc(-c3ccco3)n2)CC1. The summed E-state index contributed by atoms with van der Waals surface area (Å²) in [6, 6.07) is 3.79. The van der Waals surface area contributed by atoms with Gasteiger partial charge in [-0.1, -0.05) is 0 Å². The number of hydrogen-bond donors (Lipinski definition) is 2. The van der Waals surface area contributed by atoms with Crippen molar-refractivity contribution in [1.82, 2.24) is 10.3 Å². The van der Waals surface area contributed by atoms with Gasteiger partial charge in [-0.15, -0.1) is 11.3 Å². The molecule has 4 nitrogen and oxygen atoms in total. The fourth-order valence-corrected chi connectivity index (χ4v) is 2.71. The van der Waals surface area contributed by atoms with Gasteiger partial charge in [0.25, 0.3) is 0 Å². The molecule has 2 aromatic rings. The molecular formula is C13H16N2O2S. The Morgan fingerprint density at radius 2 is 2.39 bits per heavy atom. The first-order chi connectivity index (χ1) is 8.81. The molecule has 1 aliphatic carbocycles. The van der Waals surface area contributed by atoms with Crippen molar-refractivity contribution in [2.24, 2.45) is 5.41 Å². The van der Waals surface area contributed by atoms with Gasteiger partial charge in [0, 0.05) is 30.5 Å². The van der Waals surface area contributed by atoms with Gasteiger partial charge in [0.05, 0.1) is 12.0 Å². The van der Waals surface area contributed by atoms with Crippen LogP contribution in [0, 0.1) is 5.41 Å². The Bertz CT molecular complexity index is 503. The van der Waals surface area contributed by atoms with Crippen LogP contribution >= 0.6 is 11.3 Å². The summed E-state index contributed by atoms with van der Waals surface area (Å²) < 4.78 is 5.31. The number of nitrogens with zero attached hydrogens (tertiary/aromatic N) is 1. The van der Waals surface area contributed by atoms with Crippen molar-refractivity contribution >= 4 is 11.3 Å². The lowest BCUT2D eigenvalue weighted by atomic mass is 10.1. The van der Waals surface area contributed by atoms with Crippen LogP contribution in [0.25, 0.3) is 10.8 Å². The topological polar surface area (TPSA) is 58.3 Å². The standard InChI is InChI=1S/C13H16N2O2S/c16-9-13(3-4-13)8-14-6-10-7-18-12(15-10)11-2-1-5-17-11/h1-2,5,7,14,16H,3-4,6,8-9H2. The van der Waals surface area contributed by atoms with Gasteiger partial charge >= 0.3 is 0 Å². The van der Waals surface area contributed by atoms with Crippen molar-refractivity contribution < 1.29 is 9.52 Å². The number of rotatable bonds is 6. The summed E-state index contributed by atoms with van der Waals surface area (Å²) in [6.45, 7) is 1.91. The maximum Gasteiger partial charge on any atom is 0.162 e. The van der Waals surface area contributed by atoms with E-state index in [2.05, 4.69) is 10.3 Å². The monoisotopic (exact) mass is 264 g/mol. The molecule has 0 spiro atoms. The van der Waals surface area contributed by atoms with E-state index in [9.17, 15) is 5.11 Å². The number of thiazole rings is 1. The van der Waals surface area contributed by atoms with E-state index in [1.54, 1.807) is 17.6 Å². The fourth-order valence-electron chi connectivity index (χ4n) is 1.92. The van der Waals surface area contributed by atoms with Crippen LogP contribution in [0.3, 0.4) is 0 Å². The quantitative estimate of drug-likeness (QED) is 0.840. The highest BCUT2D eigenvalue weighted by Crippen LogP contribution is 2.44. The molecule has 1 aliphatic rings. The van der Waals surface area contributed by atoms with Crippen LogP contribution in [-0.2, 0) is 6.54 Å². The van der Waals surface area contributed by atoms with Crippen molar-refractivity contribution in [2.75, 3.05) is 13.2 Å². The molecule has 96 valence electrons. The van der Waals surface area contributed by atoms with E-state index in [0.717, 1.165) is 42.4 Å². The molecule has 0 atom stereocenters. The van der Waals surface area contributed by atoms with E-state index in [-0.39, 0.29) is 12.0 Å². The van der Waals surface area contributed by atoms with E-state index in [1.165, 1.54) is 0 Å². The van der Waals surface area contributed by atoms with Crippen LogP contribution in [0.5, 0.6) is 0 Å². The highest BCUT2D eigenvalue weighted by molar-refractivity contribution is 7.13. The lowest BCUT2D eigenvalue weighted by Crippen LogP contribution is -2.26. The molecule has 18 heavy (non-hydrogen) atoms. The molecule has 0 saturated heterocycles. The predicted octanol–water partition coefficient (Wildman–Crippen LogP) is 2.27. The zero-order chi connectivity index (χ0) is 12.4. The maximum absolute atomic E-state index is 9.22. The van der Waals surface area contributed by atoms with Crippen molar-refractivity contribution in [3.05, 3.63) is 29.5 Å². The molecule has 5 heteroatoms. The minimum absolute atomic E-state index is 0.153. The Morgan fingerprint density at radius 1 is 1.50 bits per heavy atom. The van der Waals surface area contributed by atoms with Crippen LogP contribution in [-0.4, -0.2) is 23.2 Å². The Labute approximate surface area is 110 Å². The highest BCUT2D eigenvalue weighted by Gasteiger charge is 2.41. The third-order valence-electron chi connectivity index (χ3n) is 3.38. The summed E-state index contributed by atoms with van der Waals surface area (Å²) in [5.41, 5.74) is 1.18. The third-order valence-corrected chi connectivity index (χ3v) is 4.29. The number of nitrogens with one attached hydrogen (secondary N) is 1. The maximum atomic E-state index is 9.22. The average Bonchev–Trinajstić information content (AvgIpc) is 2.84. The van der Waals surface area contributed by atoms with Crippen LogP contribution in [0.1, 0.15) is 18.5 Å². The molecule has 1 fully saturated rings. The second-order valence-corrected chi connectivity index (χ2v) is 5.74. The summed E-state index contributed by atoms with van der Waals surface area (Å²) >= 11 is 1.59. The van der Waals surface area contributed by atoms with Gasteiger partial charge < -0.3 is 14.8 Å². The molecule has 0 aromatic carbocycles. The van der Waals surface area contributed by atoms with Crippen molar-refractivity contribution in [3.63, 3.8) is 0 Å². The zero-order valence-electron chi connectivity index (χ0n) is 10.1. The Kier molecular flexibility index (Phi) is 3.20. The Balaban J connectivity index is 1.54. The van der Waals surface area contributed by atoms with Gasteiger partial charge in [-0.2, -0.15) is 0 Å². The fraction of sp³-hybridized carbons (Fsp3) is 0.462. The highest BCUT2D eigenvalue weighted by atomic mass is 32.1. The molecular weight excluding hydrogens is 248 g/mol. The largest absolute Gasteiger partial charge is 0.462 e. The molecule has 3 rings (SSSR count). The van der Waals surface area contributed by atoms with Gasteiger partial charge in [-0.25, -0.2) is 4.98 Å². The molecule has 0 amide bonds. The van der Waals surface area contributed by atoms with Crippen LogP contribution in [0.15, 0.2) is 28.2 Å². The summed E-state index contributed by atoms with van der Waals surface area (Å²) in [6.07, 6.45) is 3.92. The first-order valence-electron chi connectivity index (χ1n) is 6.11. The molecule has 0 radical (unpaired) electrons. The van der Waals surface area contributed by atoms with E-state index in [1.807, 2.05) is 17.5 Å². The predicted molar refractivity (Wildman–Crippen MR) is 70.3 cm³/mol. The summed E-state index contributed by atoms with van der Waals surface area (Å²) in [5, 5.41) is 15.5. The normalized spacial score (nSPS) is 16.9. The second kappa shape index (κ2) is 4.84. The average molecular weight is 264 g/mol. The number of aliphatic hydroxyl groups is 1. The smallest absolute Gasteiger partial charge is 0.162 e. The molecule has 0 aliphatic heterocycles. The molecule has 0 bridgehead atoms. The van der Waals surface area contributed by atoms with Crippen LogP contribution in [0.2, 0.25) is 0 Å². The first kappa shape index (κ1) is 11.9. The number of aromatic nitrogens is 1. The molecule has 1 saturated carbocycles. The first-order valence-corrected chi connectivity index (χ1v) is 6.99. The molecule has 2 N–H and O–H groups in total. The number of aliphatic hydroxyl groups excluding tert-OH is 1. The minimum Gasteiger partial charge on any atom is -0.462 e. The minimum atomic E-state index is 0.153. The molecule has 2 heterocycles. The third kappa shape index (κ3) is 2.48. The Hall–Kier alpha value is -1.17.